The third-order valence-electron chi connectivity index (χ3n) is 2.82. The van der Waals surface area contributed by atoms with E-state index in [0.29, 0.717) is 12.8 Å². The van der Waals surface area contributed by atoms with Crippen molar-refractivity contribution in [1.29, 1.82) is 0 Å². The van der Waals surface area contributed by atoms with Gasteiger partial charge in [-0.2, -0.15) is 0 Å². The molecule has 16 heavy (non-hydrogen) atoms. The summed E-state index contributed by atoms with van der Waals surface area (Å²) >= 11 is 0. The number of carbonyl (C=O) groups excluding carboxylic acids is 1. The van der Waals surface area contributed by atoms with Crippen LogP contribution in [0.15, 0.2) is 24.3 Å². The van der Waals surface area contributed by atoms with Gasteiger partial charge in [-0.15, -0.1) is 0 Å². The first-order chi connectivity index (χ1) is 7.66. The molecule has 4 heteroatoms. The van der Waals surface area contributed by atoms with Crippen LogP contribution in [0, 0.1) is 5.92 Å². The van der Waals surface area contributed by atoms with E-state index in [1.54, 1.807) is 0 Å². The molecule has 0 spiro atoms. The Bertz CT molecular complexity index is 428. The van der Waals surface area contributed by atoms with Crippen molar-refractivity contribution in [2.75, 3.05) is 5.32 Å². The molecule has 1 amide bonds. The van der Waals surface area contributed by atoms with Crippen LogP contribution < -0.4 is 5.32 Å². The Labute approximate surface area is 93.3 Å². The van der Waals surface area contributed by atoms with Gasteiger partial charge in [0.1, 0.15) is 0 Å². The van der Waals surface area contributed by atoms with Crippen molar-refractivity contribution in [2.24, 2.45) is 5.92 Å². The maximum Gasteiger partial charge on any atom is 0.303 e. The number of para-hydroxylation sites is 1. The van der Waals surface area contributed by atoms with Crippen LogP contribution in [0.5, 0.6) is 0 Å². The molecule has 2 rings (SSSR count). The molecule has 1 heterocycles. The average Bonchev–Trinajstić information content (AvgIpc) is 2.26. The Balaban J connectivity index is 2.09. The smallest absolute Gasteiger partial charge is 0.303 e. The lowest BCUT2D eigenvalue weighted by Gasteiger charge is -2.23. The fourth-order valence-corrected chi connectivity index (χ4v) is 1.94. The maximum absolute atomic E-state index is 11.7. The van der Waals surface area contributed by atoms with Gasteiger partial charge in [0.05, 0.1) is 0 Å². The molecule has 0 fully saturated rings. The van der Waals surface area contributed by atoms with Crippen molar-refractivity contribution in [3.63, 3.8) is 0 Å². The molecule has 84 valence electrons. The minimum Gasteiger partial charge on any atom is -0.481 e. The zero-order valence-corrected chi connectivity index (χ0v) is 8.77. The second kappa shape index (κ2) is 4.35. The fraction of sp³-hybridized carbons (Fsp3) is 0.333. The molecule has 1 unspecified atom stereocenters. The molecule has 4 nitrogen and oxygen atoms in total. The van der Waals surface area contributed by atoms with Gasteiger partial charge in [0.15, 0.2) is 0 Å². The van der Waals surface area contributed by atoms with Gasteiger partial charge in [-0.25, -0.2) is 0 Å². The molecule has 1 aromatic carbocycles. The topological polar surface area (TPSA) is 66.4 Å². The Kier molecular flexibility index (Phi) is 2.90. The molecule has 1 aliphatic rings. The first-order valence-corrected chi connectivity index (χ1v) is 5.27. The number of carboxylic acid groups (broad SMARTS) is 1. The summed E-state index contributed by atoms with van der Waals surface area (Å²) in [5.74, 6) is -1.14. The quantitative estimate of drug-likeness (QED) is 0.812. The number of fused-ring (bicyclic) bond motifs is 1. The van der Waals surface area contributed by atoms with Crippen molar-refractivity contribution in [2.45, 2.75) is 19.3 Å². The number of nitrogens with one attached hydrogen (secondary N) is 1. The van der Waals surface area contributed by atoms with Crippen LogP contribution in [0.25, 0.3) is 0 Å². The highest BCUT2D eigenvalue weighted by atomic mass is 16.4. The lowest BCUT2D eigenvalue weighted by Crippen LogP contribution is -2.30. The van der Waals surface area contributed by atoms with Crippen molar-refractivity contribution in [3.8, 4) is 0 Å². The van der Waals surface area contributed by atoms with E-state index < -0.39 is 5.97 Å². The average molecular weight is 219 g/mol. The number of rotatable bonds is 3. The zero-order valence-electron chi connectivity index (χ0n) is 8.77. The van der Waals surface area contributed by atoms with E-state index >= 15 is 0 Å². The minimum atomic E-state index is -0.855. The number of carboxylic acids is 1. The van der Waals surface area contributed by atoms with E-state index in [0.717, 1.165) is 11.3 Å². The van der Waals surface area contributed by atoms with Crippen LogP contribution in [0.1, 0.15) is 18.4 Å². The third-order valence-corrected chi connectivity index (χ3v) is 2.82. The van der Waals surface area contributed by atoms with Crippen molar-refractivity contribution >= 4 is 17.6 Å². The molecule has 1 atom stereocenters. The van der Waals surface area contributed by atoms with Crippen molar-refractivity contribution in [1.82, 2.24) is 0 Å². The Morgan fingerprint density at radius 3 is 2.94 bits per heavy atom. The molecule has 0 bridgehead atoms. The summed E-state index contributed by atoms with van der Waals surface area (Å²) < 4.78 is 0. The number of carbonyl (C=O) groups is 2. The number of hydrogen-bond donors (Lipinski definition) is 2. The molecule has 0 aromatic heterocycles. The van der Waals surface area contributed by atoms with Crippen LogP contribution in [0.2, 0.25) is 0 Å². The number of benzene rings is 1. The largest absolute Gasteiger partial charge is 0.481 e. The highest BCUT2D eigenvalue weighted by Crippen LogP contribution is 2.27. The Morgan fingerprint density at radius 2 is 2.19 bits per heavy atom. The fourth-order valence-electron chi connectivity index (χ4n) is 1.94. The summed E-state index contributed by atoms with van der Waals surface area (Å²) in [7, 11) is 0. The van der Waals surface area contributed by atoms with E-state index in [2.05, 4.69) is 5.32 Å². The molecule has 0 radical (unpaired) electrons. The number of hydrogen-bond acceptors (Lipinski definition) is 2. The number of amides is 1. The van der Waals surface area contributed by atoms with E-state index in [1.165, 1.54) is 0 Å². The van der Waals surface area contributed by atoms with Crippen LogP contribution >= 0.6 is 0 Å². The van der Waals surface area contributed by atoms with Gasteiger partial charge in [-0.1, -0.05) is 18.2 Å². The maximum atomic E-state index is 11.7. The van der Waals surface area contributed by atoms with E-state index in [-0.39, 0.29) is 18.2 Å². The molecule has 1 aromatic rings. The summed E-state index contributed by atoms with van der Waals surface area (Å²) in [6, 6.07) is 7.62. The van der Waals surface area contributed by atoms with Crippen molar-refractivity contribution in [3.05, 3.63) is 29.8 Å². The monoisotopic (exact) mass is 219 g/mol. The molecule has 0 saturated heterocycles. The highest BCUT2D eigenvalue weighted by molar-refractivity contribution is 5.95. The molecular formula is C12H13NO3. The van der Waals surface area contributed by atoms with Gasteiger partial charge in [-0.05, 0) is 24.5 Å². The SMILES string of the molecule is O=C(O)CCC1Cc2ccccc2NC1=O. The number of anilines is 1. The van der Waals surface area contributed by atoms with Gasteiger partial charge in [0, 0.05) is 18.0 Å². The second-order valence-electron chi connectivity index (χ2n) is 3.98. The van der Waals surface area contributed by atoms with E-state index in [1.807, 2.05) is 24.3 Å². The molecule has 0 saturated carbocycles. The van der Waals surface area contributed by atoms with Crippen LogP contribution in [0.4, 0.5) is 5.69 Å². The number of aliphatic carboxylic acids is 1. The van der Waals surface area contributed by atoms with Crippen LogP contribution in [0.3, 0.4) is 0 Å². The molecule has 1 aliphatic heterocycles. The minimum absolute atomic E-state index is 0.0419. The predicted molar refractivity (Wildman–Crippen MR) is 59.1 cm³/mol. The Hall–Kier alpha value is -1.84. The summed E-state index contributed by atoms with van der Waals surface area (Å²) in [5.41, 5.74) is 1.93. The normalized spacial score (nSPS) is 18.8. The van der Waals surface area contributed by atoms with E-state index in [9.17, 15) is 9.59 Å². The summed E-state index contributed by atoms with van der Waals surface area (Å²) in [6.45, 7) is 0. The van der Waals surface area contributed by atoms with Gasteiger partial charge in [0.25, 0.3) is 0 Å². The van der Waals surface area contributed by atoms with Gasteiger partial charge in [0.2, 0.25) is 5.91 Å². The highest BCUT2D eigenvalue weighted by Gasteiger charge is 2.25. The van der Waals surface area contributed by atoms with Gasteiger partial charge < -0.3 is 10.4 Å². The lowest BCUT2D eigenvalue weighted by atomic mass is 9.90. The Morgan fingerprint density at radius 1 is 1.44 bits per heavy atom. The first kappa shape index (κ1) is 10.7. The second-order valence-corrected chi connectivity index (χ2v) is 3.98. The molecular weight excluding hydrogens is 206 g/mol. The summed E-state index contributed by atoms with van der Waals surface area (Å²) in [4.78, 5) is 22.1. The first-order valence-electron chi connectivity index (χ1n) is 5.27. The van der Waals surface area contributed by atoms with Crippen molar-refractivity contribution < 1.29 is 14.7 Å². The zero-order chi connectivity index (χ0) is 11.5. The summed E-state index contributed by atoms with van der Waals surface area (Å²) in [6.07, 6.45) is 1.07. The van der Waals surface area contributed by atoms with Gasteiger partial charge >= 0.3 is 5.97 Å². The third kappa shape index (κ3) is 2.21. The van der Waals surface area contributed by atoms with Crippen LogP contribution in [-0.4, -0.2) is 17.0 Å². The summed E-state index contributed by atoms with van der Waals surface area (Å²) in [5, 5.41) is 11.4. The van der Waals surface area contributed by atoms with E-state index in [4.69, 9.17) is 5.11 Å². The molecule has 2 N–H and O–H groups in total. The standard InChI is InChI=1S/C12H13NO3/c14-11(15)6-5-9-7-8-3-1-2-4-10(8)13-12(9)16/h1-4,9H,5-7H2,(H,13,16)(H,14,15). The van der Waals surface area contributed by atoms with Gasteiger partial charge in [-0.3, -0.25) is 9.59 Å². The lowest BCUT2D eigenvalue weighted by molar-refractivity contribution is -0.137. The predicted octanol–water partition coefficient (Wildman–Crippen LogP) is 1.66. The van der Waals surface area contributed by atoms with Crippen LogP contribution in [-0.2, 0) is 16.0 Å². The molecule has 0 aliphatic carbocycles.